The van der Waals surface area contributed by atoms with Crippen LogP contribution in [0.4, 0.5) is 17.6 Å². The van der Waals surface area contributed by atoms with Crippen molar-refractivity contribution in [2.45, 2.75) is 31.5 Å². The van der Waals surface area contributed by atoms with E-state index in [9.17, 15) is 17.6 Å². The first-order valence-electron chi connectivity index (χ1n) is 5.52. The molecule has 0 bridgehead atoms. The van der Waals surface area contributed by atoms with Gasteiger partial charge in [0.1, 0.15) is 5.82 Å². The van der Waals surface area contributed by atoms with Crippen molar-refractivity contribution in [1.82, 2.24) is 5.32 Å². The molecule has 6 heteroatoms. The fourth-order valence-corrected chi connectivity index (χ4v) is 1.90. The van der Waals surface area contributed by atoms with Crippen molar-refractivity contribution in [2.24, 2.45) is 0 Å². The summed E-state index contributed by atoms with van der Waals surface area (Å²) in [5.74, 6) is -0.506. The van der Waals surface area contributed by atoms with Gasteiger partial charge in [0, 0.05) is 23.0 Å². The third-order valence-corrected chi connectivity index (χ3v) is 2.87. The molecule has 1 unspecified atom stereocenters. The van der Waals surface area contributed by atoms with Crippen molar-refractivity contribution in [3.8, 4) is 0 Å². The minimum Gasteiger partial charge on any atom is -0.313 e. The first-order chi connectivity index (χ1) is 8.33. The summed E-state index contributed by atoms with van der Waals surface area (Å²) in [5.41, 5.74) is 0.337. The second-order valence-corrected chi connectivity index (χ2v) is 4.45. The van der Waals surface area contributed by atoms with Gasteiger partial charge in [-0.2, -0.15) is 13.2 Å². The number of hydrogen-bond acceptors (Lipinski definition) is 1. The Morgan fingerprint density at radius 1 is 1.33 bits per heavy atom. The summed E-state index contributed by atoms with van der Waals surface area (Å²) in [4.78, 5) is 0. The molecule has 0 heterocycles. The average Bonchev–Trinajstić information content (AvgIpc) is 2.24. The Morgan fingerprint density at radius 3 is 2.50 bits per heavy atom. The second-order valence-electron chi connectivity index (χ2n) is 4.01. The average molecular weight is 284 g/mol. The van der Waals surface area contributed by atoms with Crippen LogP contribution in [-0.4, -0.2) is 13.2 Å². The topological polar surface area (TPSA) is 12.0 Å². The van der Waals surface area contributed by atoms with Crippen molar-refractivity contribution in [2.75, 3.05) is 7.05 Å². The highest BCUT2D eigenvalue weighted by atomic mass is 35.5. The van der Waals surface area contributed by atoms with Crippen molar-refractivity contribution in [3.63, 3.8) is 0 Å². The fourth-order valence-electron chi connectivity index (χ4n) is 1.75. The molecule has 0 aliphatic carbocycles. The predicted molar refractivity (Wildman–Crippen MR) is 63.1 cm³/mol. The van der Waals surface area contributed by atoms with Crippen LogP contribution in [0.25, 0.3) is 0 Å². The lowest BCUT2D eigenvalue weighted by Gasteiger charge is -2.18. The van der Waals surface area contributed by atoms with E-state index in [1.165, 1.54) is 12.1 Å². The second kappa shape index (κ2) is 6.38. The van der Waals surface area contributed by atoms with E-state index in [0.717, 1.165) is 6.07 Å². The van der Waals surface area contributed by atoms with Crippen LogP contribution < -0.4 is 5.32 Å². The van der Waals surface area contributed by atoms with E-state index in [2.05, 4.69) is 5.32 Å². The number of alkyl halides is 3. The number of hydrogen-bond donors (Lipinski definition) is 1. The molecule has 1 aromatic carbocycles. The Kier molecular flexibility index (Phi) is 5.41. The van der Waals surface area contributed by atoms with Crippen LogP contribution in [0, 0.1) is 5.82 Å². The highest BCUT2D eigenvalue weighted by molar-refractivity contribution is 6.30. The van der Waals surface area contributed by atoms with Crippen LogP contribution in [0.3, 0.4) is 0 Å². The summed E-state index contributed by atoms with van der Waals surface area (Å²) in [5, 5.41) is 3.08. The molecule has 18 heavy (non-hydrogen) atoms. The standard InChI is InChI=1S/C12H14ClF4N/c1-18-11(3-2-6-12(15,16)17)9-5-4-8(13)7-10(9)14/h4-5,7,11,18H,2-3,6H2,1H3. The number of nitrogens with one attached hydrogen (secondary N) is 1. The van der Waals surface area contributed by atoms with Gasteiger partial charge in [-0.15, -0.1) is 0 Å². The molecule has 0 spiro atoms. The van der Waals surface area contributed by atoms with Gasteiger partial charge >= 0.3 is 6.18 Å². The van der Waals surface area contributed by atoms with Gasteiger partial charge in [-0.1, -0.05) is 17.7 Å². The summed E-state index contributed by atoms with van der Waals surface area (Å²) in [6, 6.07) is 3.73. The Labute approximate surface area is 108 Å². The van der Waals surface area contributed by atoms with Gasteiger partial charge in [-0.3, -0.25) is 0 Å². The molecule has 1 atom stereocenters. The molecule has 0 saturated heterocycles. The Morgan fingerprint density at radius 2 is 2.00 bits per heavy atom. The number of rotatable bonds is 5. The summed E-state index contributed by atoms with van der Waals surface area (Å²) in [7, 11) is 1.59. The molecule has 102 valence electrons. The summed E-state index contributed by atoms with van der Waals surface area (Å²) < 4.78 is 49.7. The van der Waals surface area contributed by atoms with Crippen LogP contribution in [0.15, 0.2) is 18.2 Å². The SMILES string of the molecule is CNC(CCCC(F)(F)F)c1ccc(Cl)cc1F. The van der Waals surface area contributed by atoms with Gasteiger partial charge in [-0.05, 0) is 32.0 Å². The zero-order valence-corrected chi connectivity index (χ0v) is 10.6. The molecule has 1 N–H and O–H groups in total. The highest BCUT2D eigenvalue weighted by Crippen LogP contribution is 2.28. The maximum atomic E-state index is 13.6. The highest BCUT2D eigenvalue weighted by Gasteiger charge is 2.27. The maximum absolute atomic E-state index is 13.6. The molecular weight excluding hydrogens is 270 g/mol. The largest absolute Gasteiger partial charge is 0.389 e. The van der Waals surface area contributed by atoms with E-state index in [1.54, 1.807) is 7.05 Å². The van der Waals surface area contributed by atoms with Crippen LogP contribution in [0.5, 0.6) is 0 Å². The summed E-state index contributed by atoms with van der Waals surface area (Å²) in [6.07, 6.45) is -4.86. The molecule has 0 fully saturated rings. The number of benzene rings is 1. The molecule has 0 aromatic heterocycles. The van der Waals surface area contributed by atoms with E-state index < -0.39 is 24.5 Å². The van der Waals surface area contributed by atoms with Crippen LogP contribution in [0.2, 0.25) is 5.02 Å². The van der Waals surface area contributed by atoms with Gasteiger partial charge in [-0.25, -0.2) is 4.39 Å². The van der Waals surface area contributed by atoms with Gasteiger partial charge in [0.15, 0.2) is 0 Å². The van der Waals surface area contributed by atoms with E-state index in [4.69, 9.17) is 11.6 Å². The molecule has 0 aliphatic rings. The van der Waals surface area contributed by atoms with E-state index in [-0.39, 0.29) is 17.9 Å². The lowest BCUT2D eigenvalue weighted by Crippen LogP contribution is -2.18. The van der Waals surface area contributed by atoms with Crippen molar-refractivity contribution in [1.29, 1.82) is 0 Å². The summed E-state index contributed by atoms with van der Waals surface area (Å²) in [6.45, 7) is 0. The summed E-state index contributed by atoms with van der Waals surface area (Å²) >= 11 is 5.62. The molecular formula is C12H14ClF4N. The van der Waals surface area contributed by atoms with Gasteiger partial charge in [0.05, 0.1) is 0 Å². The van der Waals surface area contributed by atoms with Crippen molar-refractivity contribution >= 4 is 11.6 Å². The number of halogens is 5. The Bertz CT molecular complexity index is 392. The van der Waals surface area contributed by atoms with Gasteiger partial charge in [0.2, 0.25) is 0 Å². The quantitative estimate of drug-likeness (QED) is 0.786. The van der Waals surface area contributed by atoms with Crippen LogP contribution in [-0.2, 0) is 0 Å². The van der Waals surface area contributed by atoms with Crippen molar-refractivity contribution in [3.05, 3.63) is 34.6 Å². The van der Waals surface area contributed by atoms with E-state index >= 15 is 0 Å². The van der Waals surface area contributed by atoms with Crippen LogP contribution >= 0.6 is 11.6 Å². The lowest BCUT2D eigenvalue weighted by molar-refractivity contribution is -0.135. The third-order valence-electron chi connectivity index (χ3n) is 2.64. The zero-order chi connectivity index (χ0) is 13.8. The first-order valence-corrected chi connectivity index (χ1v) is 5.90. The maximum Gasteiger partial charge on any atom is 0.389 e. The van der Waals surface area contributed by atoms with Gasteiger partial charge in [0.25, 0.3) is 0 Å². The Balaban J connectivity index is 2.66. The smallest absolute Gasteiger partial charge is 0.313 e. The normalized spacial score (nSPS) is 13.7. The monoisotopic (exact) mass is 283 g/mol. The molecule has 0 amide bonds. The fraction of sp³-hybridized carbons (Fsp3) is 0.500. The van der Waals surface area contributed by atoms with E-state index in [0.29, 0.717) is 5.56 Å². The Hall–Kier alpha value is -0.810. The predicted octanol–water partition coefficient (Wildman–Crippen LogP) is 4.47. The lowest BCUT2D eigenvalue weighted by atomic mass is 10.0. The molecule has 1 nitrogen and oxygen atoms in total. The molecule has 0 saturated carbocycles. The first kappa shape index (κ1) is 15.2. The molecule has 1 aromatic rings. The third kappa shape index (κ3) is 4.82. The molecule has 0 aliphatic heterocycles. The van der Waals surface area contributed by atoms with Crippen molar-refractivity contribution < 1.29 is 17.6 Å². The van der Waals surface area contributed by atoms with E-state index in [1.807, 2.05) is 0 Å². The van der Waals surface area contributed by atoms with Crippen LogP contribution in [0.1, 0.15) is 30.9 Å². The van der Waals surface area contributed by atoms with Gasteiger partial charge < -0.3 is 5.32 Å². The molecule has 0 radical (unpaired) electrons. The molecule has 1 rings (SSSR count). The minimum atomic E-state index is -4.17. The minimum absolute atomic E-state index is 0.0446. The zero-order valence-electron chi connectivity index (χ0n) is 9.82.